The van der Waals surface area contributed by atoms with Crippen molar-refractivity contribution in [1.29, 1.82) is 0 Å². The Morgan fingerprint density at radius 1 is 1.29 bits per heavy atom. The highest BCUT2D eigenvalue weighted by atomic mass is 15.2. The fraction of sp³-hybridized carbons (Fsp3) is 1.00. The fourth-order valence-corrected chi connectivity index (χ4v) is 2.29. The highest BCUT2D eigenvalue weighted by Crippen LogP contribution is 2.23. The van der Waals surface area contributed by atoms with E-state index in [2.05, 4.69) is 25.7 Å². The van der Waals surface area contributed by atoms with Crippen molar-refractivity contribution in [3.8, 4) is 0 Å². The fourth-order valence-electron chi connectivity index (χ4n) is 2.29. The molecule has 1 atom stereocenters. The maximum Gasteiger partial charge on any atom is 0.0191 e. The summed E-state index contributed by atoms with van der Waals surface area (Å²) in [5.41, 5.74) is 6.12. The van der Waals surface area contributed by atoms with Crippen molar-refractivity contribution < 1.29 is 0 Å². The van der Waals surface area contributed by atoms with E-state index in [1.807, 2.05) is 0 Å². The monoisotopic (exact) mass is 198 g/mol. The third-order valence-corrected chi connectivity index (χ3v) is 3.55. The summed E-state index contributed by atoms with van der Waals surface area (Å²) < 4.78 is 0. The minimum absolute atomic E-state index is 0.343. The van der Waals surface area contributed by atoms with Gasteiger partial charge in [-0.2, -0.15) is 0 Å². The van der Waals surface area contributed by atoms with E-state index >= 15 is 0 Å². The highest BCUT2D eigenvalue weighted by molar-refractivity contribution is 4.80. The maximum atomic E-state index is 6.12. The molecular weight excluding hydrogens is 172 g/mol. The Hall–Kier alpha value is -0.0800. The molecule has 0 bridgehead atoms. The summed E-state index contributed by atoms with van der Waals surface area (Å²) >= 11 is 0. The summed E-state index contributed by atoms with van der Waals surface area (Å²) in [4.78, 5) is 2.58. The Bertz CT molecular complexity index is 150. The molecule has 2 heteroatoms. The molecule has 1 aliphatic rings. The third-order valence-electron chi connectivity index (χ3n) is 3.55. The number of hydrogen-bond donors (Lipinski definition) is 1. The van der Waals surface area contributed by atoms with Gasteiger partial charge in [-0.3, -0.25) is 4.90 Å². The average Bonchev–Trinajstić information content (AvgIpc) is 2.66. The van der Waals surface area contributed by atoms with Gasteiger partial charge >= 0.3 is 0 Å². The van der Waals surface area contributed by atoms with Gasteiger partial charge in [-0.1, -0.05) is 33.6 Å². The van der Waals surface area contributed by atoms with Crippen molar-refractivity contribution in [2.45, 2.75) is 58.5 Å². The second kappa shape index (κ2) is 5.72. The van der Waals surface area contributed by atoms with Crippen LogP contribution in [0.3, 0.4) is 0 Å². The van der Waals surface area contributed by atoms with Gasteiger partial charge in [-0.25, -0.2) is 0 Å². The lowest BCUT2D eigenvalue weighted by Gasteiger charge is -2.31. The van der Waals surface area contributed by atoms with Crippen LogP contribution in [0.5, 0.6) is 0 Å². The molecule has 0 aliphatic heterocycles. The van der Waals surface area contributed by atoms with E-state index < -0.39 is 0 Å². The van der Waals surface area contributed by atoms with Crippen molar-refractivity contribution in [2.24, 2.45) is 11.7 Å². The molecule has 1 saturated carbocycles. The first kappa shape index (κ1) is 12.0. The summed E-state index contributed by atoms with van der Waals surface area (Å²) in [5.74, 6) is 0.602. The number of nitrogens with zero attached hydrogens (tertiary/aromatic N) is 1. The summed E-state index contributed by atoms with van der Waals surface area (Å²) in [6, 6.07) is 1.17. The van der Waals surface area contributed by atoms with Crippen LogP contribution in [0.1, 0.15) is 46.5 Å². The molecule has 0 heterocycles. The van der Waals surface area contributed by atoms with E-state index in [0.29, 0.717) is 12.0 Å². The largest absolute Gasteiger partial charge is 0.326 e. The lowest BCUT2D eigenvalue weighted by Crippen LogP contribution is -2.44. The molecule has 14 heavy (non-hydrogen) atoms. The zero-order valence-corrected chi connectivity index (χ0v) is 10.00. The Labute approximate surface area is 88.8 Å². The third kappa shape index (κ3) is 3.25. The van der Waals surface area contributed by atoms with Gasteiger partial charge in [-0.15, -0.1) is 0 Å². The summed E-state index contributed by atoms with van der Waals surface area (Å²) in [6.45, 7) is 8.93. The molecule has 0 amide bonds. The summed E-state index contributed by atoms with van der Waals surface area (Å²) in [5, 5.41) is 0. The van der Waals surface area contributed by atoms with Gasteiger partial charge < -0.3 is 5.73 Å². The minimum atomic E-state index is 0.343. The predicted octanol–water partition coefficient (Wildman–Crippen LogP) is 2.23. The lowest BCUT2D eigenvalue weighted by molar-refractivity contribution is 0.184. The first-order chi connectivity index (χ1) is 6.65. The van der Waals surface area contributed by atoms with E-state index in [1.165, 1.54) is 25.7 Å². The van der Waals surface area contributed by atoms with E-state index in [-0.39, 0.29) is 0 Å². The molecule has 0 saturated heterocycles. The number of rotatable bonds is 5. The molecular formula is C12H26N2. The Morgan fingerprint density at radius 3 is 2.29 bits per heavy atom. The number of hydrogen-bond acceptors (Lipinski definition) is 2. The van der Waals surface area contributed by atoms with E-state index in [0.717, 1.165) is 19.1 Å². The van der Waals surface area contributed by atoms with Gasteiger partial charge in [0.05, 0.1) is 0 Å². The molecule has 2 N–H and O–H groups in total. The van der Waals surface area contributed by atoms with Gasteiger partial charge in [0.2, 0.25) is 0 Å². The van der Waals surface area contributed by atoms with Gasteiger partial charge in [-0.05, 0) is 25.3 Å². The zero-order valence-electron chi connectivity index (χ0n) is 10.00. The van der Waals surface area contributed by atoms with E-state index in [9.17, 15) is 0 Å². The van der Waals surface area contributed by atoms with Crippen LogP contribution in [0, 0.1) is 5.92 Å². The molecule has 2 nitrogen and oxygen atoms in total. The van der Waals surface area contributed by atoms with Crippen molar-refractivity contribution in [2.75, 3.05) is 13.1 Å². The van der Waals surface area contributed by atoms with Crippen LogP contribution < -0.4 is 5.73 Å². The Morgan fingerprint density at radius 2 is 1.86 bits per heavy atom. The predicted molar refractivity (Wildman–Crippen MR) is 62.3 cm³/mol. The van der Waals surface area contributed by atoms with E-state index in [1.54, 1.807) is 0 Å². The molecule has 1 fully saturated rings. The molecule has 1 rings (SSSR count). The van der Waals surface area contributed by atoms with Gasteiger partial charge in [0, 0.05) is 18.6 Å². The molecule has 1 unspecified atom stereocenters. The Balaban J connectivity index is 2.37. The topological polar surface area (TPSA) is 29.3 Å². The quantitative estimate of drug-likeness (QED) is 0.734. The maximum absolute atomic E-state index is 6.12. The smallest absolute Gasteiger partial charge is 0.0191 e. The molecule has 84 valence electrons. The average molecular weight is 198 g/mol. The van der Waals surface area contributed by atoms with Crippen LogP contribution in [-0.2, 0) is 0 Å². The Kier molecular flexibility index (Phi) is 4.90. The molecule has 0 aromatic carbocycles. The van der Waals surface area contributed by atoms with Gasteiger partial charge in [0.25, 0.3) is 0 Å². The van der Waals surface area contributed by atoms with Crippen LogP contribution in [0.2, 0.25) is 0 Å². The number of likely N-dealkylation sites (N-methyl/N-ethyl adjacent to an activating group) is 1. The van der Waals surface area contributed by atoms with Crippen molar-refractivity contribution >= 4 is 0 Å². The van der Waals surface area contributed by atoms with Crippen molar-refractivity contribution in [3.63, 3.8) is 0 Å². The number of nitrogens with two attached hydrogens (primary N) is 1. The zero-order chi connectivity index (χ0) is 10.6. The molecule has 0 aromatic rings. The molecule has 0 aromatic heterocycles. The van der Waals surface area contributed by atoms with Crippen LogP contribution in [0.15, 0.2) is 0 Å². The second-order valence-electron chi connectivity index (χ2n) is 4.93. The molecule has 0 radical (unpaired) electrons. The van der Waals surface area contributed by atoms with Crippen LogP contribution in [0.25, 0.3) is 0 Å². The van der Waals surface area contributed by atoms with Crippen molar-refractivity contribution in [1.82, 2.24) is 4.90 Å². The highest BCUT2D eigenvalue weighted by Gasteiger charge is 2.23. The second-order valence-corrected chi connectivity index (χ2v) is 4.93. The van der Waals surface area contributed by atoms with Gasteiger partial charge in [0.15, 0.2) is 0 Å². The normalized spacial score (nSPS) is 21.0. The van der Waals surface area contributed by atoms with Gasteiger partial charge in [0.1, 0.15) is 0 Å². The van der Waals surface area contributed by atoms with Crippen molar-refractivity contribution in [3.05, 3.63) is 0 Å². The van der Waals surface area contributed by atoms with Crippen LogP contribution in [-0.4, -0.2) is 30.1 Å². The minimum Gasteiger partial charge on any atom is -0.326 e. The SMILES string of the molecule is CCN(CC(N)C(C)C)C1CCCC1. The van der Waals surface area contributed by atoms with Crippen LogP contribution >= 0.6 is 0 Å². The first-order valence-electron chi connectivity index (χ1n) is 6.14. The standard InChI is InChI=1S/C12H26N2/c1-4-14(9-12(13)10(2)3)11-7-5-6-8-11/h10-12H,4-9,13H2,1-3H3. The lowest BCUT2D eigenvalue weighted by atomic mass is 10.0. The molecule has 1 aliphatic carbocycles. The first-order valence-corrected chi connectivity index (χ1v) is 6.14. The molecule has 0 spiro atoms. The summed E-state index contributed by atoms with van der Waals surface area (Å²) in [6.07, 6.45) is 5.60. The van der Waals surface area contributed by atoms with E-state index in [4.69, 9.17) is 5.73 Å². The van der Waals surface area contributed by atoms with Crippen LogP contribution in [0.4, 0.5) is 0 Å². The summed E-state index contributed by atoms with van der Waals surface area (Å²) in [7, 11) is 0.